The van der Waals surface area contributed by atoms with Gasteiger partial charge in [-0.25, -0.2) is 4.98 Å². The summed E-state index contributed by atoms with van der Waals surface area (Å²) in [6.45, 7) is 11.0. The molecule has 0 fully saturated rings. The summed E-state index contributed by atoms with van der Waals surface area (Å²) >= 11 is 0. The smallest absolute Gasteiger partial charge is 0.353 e. The lowest BCUT2D eigenvalue weighted by atomic mass is 9.58. The summed E-state index contributed by atoms with van der Waals surface area (Å²) in [5.41, 5.74) is 7.26. The Kier molecular flexibility index (Phi) is 3.42. The minimum absolute atomic E-state index is 0.0633. The number of anilines is 2. The molecule has 4 heterocycles. The number of furan rings is 1. The highest BCUT2D eigenvalue weighted by molar-refractivity contribution is 6.70. The molecule has 0 unspecified atom stereocenters. The first-order valence-corrected chi connectivity index (χ1v) is 9.81. The van der Waals surface area contributed by atoms with Gasteiger partial charge in [0.15, 0.2) is 0 Å². The van der Waals surface area contributed by atoms with Gasteiger partial charge in [0.25, 0.3) is 0 Å². The lowest BCUT2D eigenvalue weighted by molar-refractivity contribution is 0.345. The SMILES string of the molecule is CB1c2oc3nc(C)ccc3c2C=C(C)N1N1c2ccccc2N(C)C1(C)C. The van der Waals surface area contributed by atoms with E-state index in [1.54, 1.807) is 0 Å². The van der Waals surface area contributed by atoms with Gasteiger partial charge in [-0.15, -0.1) is 0 Å². The average molecular weight is 372 g/mol. The van der Waals surface area contributed by atoms with Crippen LogP contribution < -0.4 is 15.6 Å². The van der Waals surface area contributed by atoms with Gasteiger partial charge in [0.2, 0.25) is 5.71 Å². The Morgan fingerprint density at radius 1 is 1.04 bits per heavy atom. The number of aryl methyl sites for hydroxylation is 1. The predicted octanol–water partition coefficient (Wildman–Crippen LogP) is 4.25. The second-order valence-electron chi connectivity index (χ2n) is 8.35. The molecule has 0 atom stereocenters. The van der Waals surface area contributed by atoms with Gasteiger partial charge in [0.05, 0.1) is 11.4 Å². The molecule has 142 valence electrons. The van der Waals surface area contributed by atoms with Gasteiger partial charge in [0.1, 0.15) is 11.3 Å². The maximum Gasteiger partial charge on any atom is 0.353 e. The summed E-state index contributed by atoms with van der Waals surface area (Å²) < 4.78 is 6.27. The van der Waals surface area contributed by atoms with Crippen LogP contribution in [0.1, 0.15) is 32.0 Å². The number of para-hydroxylation sites is 2. The number of hydrogen-bond acceptors (Lipinski definition) is 5. The molecule has 6 heteroatoms. The Morgan fingerprint density at radius 3 is 2.50 bits per heavy atom. The maximum absolute atomic E-state index is 6.27. The lowest BCUT2D eigenvalue weighted by Crippen LogP contribution is -2.64. The van der Waals surface area contributed by atoms with Crippen molar-refractivity contribution in [3.05, 3.63) is 53.4 Å². The van der Waals surface area contributed by atoms with Crippen LogP contribution in [0.2, 0.25) is 6.82 Å². The fourth-order valence-electron chi connectivity index (χ4n) is 4.63. The molecule has 28 heavy (non-hydrogen) atoms. The van der Waals surface area contributed by atoms with E-state index in [-0.39, 0.29) is 12.5 Å². The van der Waals surface area contributed by atoms with Gasteiger partial charge in [-0.05, 0) is 58.0 Å². The Morgan fingerprint density at radius 2 is 1.75 bits per heavy atom. The first-order valence-electron chi connectivity index (χ1n) is 9.81. The quantitative estimate of drug-likeness (QED) is 0.597. The molecule has 2 aliphatic rings. The number of hydrazine groups is 1. The molecule has 2 aliphatic heterocycles. The van der Waals surface area contributed by atoms with Crippen LogP contribution in [0.4, 0.5) is 11.4 Å². The van der Waals surface area contributed by atoms with Gasteiger partial charge in [-0.1, -0.05) is 19.0 Å². The normalized spacial score (nSPS) is 17.9. The van der Waals surface area contributed by atoms with Crippen molar-refractivity contribution in [2.45, 2.75) is 40.2 Å². The Bertz CT molecular complexity index is 1130. The molecule has 0 N–H and O–H groups in total. The number of rotatable bonds is 1. The number of pyridine rings is 1. The predicted molar refractivity (Wildman–Crippen MR) is 117 cm³/mol. The van der Waals surface area contributed by atoms with Crippen LogP contribution in [-0.4, -0.2) is 29.5 Å². The number of allylic oxidation sites excluding steroid dienone is 1. The number of hydrogen-bond donors (Lipinski definition) is 0. The zero-order valence-corrected chi connectivity index (χ0v) is 17.3. The molecule has 5 nitrogen and oxygen atoms in total. The van der Waals surface area contributed by atoms with Crippen LogP contribution in [0, 0.1) is 6.92 Å². The molecular weight excluding hydrogens is 347 g/mol. The lowest BCUT2D eigenvalue weighted by Gasteiger charge is -2.49. The van der Waals surface area contributed by atoms with Crippen LogP contribution in [0.3, 0.4) is 0 Å². The highest BCUT2D eigenvalue weighted by Crippen LogP contribution is 2.46. The Balaban J connectivity index is 1.68. The molecule has 5 rings (SSSR count). The van der Waals surface area contributed by atoms with E-state index in [1.165, 1.54) is 17.1 Å². The molecule has 2 aromatic heterocycles. The van der Waals surface area contributed by atoms with Gasteiger partial charge in [-0.3, -0.25) is 5.01 Å². The molecule has 0 aliphatic carbocycles. The average Bonchev–Trinajstić information content (AvgIpc) is 3.10. The van der Waals surface area contributed by atoms with E-state index in [0.29, 0.717) is 0 Å². The van der Waals surface area contributed by atoms with Crippen molar-refractivity contribution in [3.63, 3.8) is 0 Å². The number of nitrogens with zero attached hydrogens (tertiary/aromatic N) is 4. The van der Waals surface area contributed by atoms with Crippen LogP contribution in [0.25, 0.3) is 17.2 Å². The third-order valence-corrected chi connectivity index (χ3v) is 6.25. The minimum atomic E-state index is -0.203. The molecule has 0 amide bonds. The van der Waals surface area contributed by atoms with E-state index >= 15 is 0 Å². The van der Waals surface area contributed by atoms with E-state index in [1.807, 2.05) is 13.0 Å². The molecule has 1 aromatic carbocycles. The summed E-state index contributed by atoms with van der Waals surface area (Å²) in [7, 11) is 2.16. The highest BCUT2D eigenvalue weighted by atomic mass is 16.3. The largest absolute Gasteiger partial charge is 0.450 e. The summed E-state index contributed by atoms with van der Waals surface area (Å²) in [5, 5.41) is 3.48. The fraction of sp³-hybridized carbons (Fsp3) is 0.318. The summed E-state index contributed by atoms with van der Waals surface area (Å²) in [4.78, 5) is 9.30. The zero-order valence-electron chi connectivity index (χ0n) is 17.3. The van der Waals surface area contributed by atoms with Crippen molar-refractivity contribution in [3.8, 4) is 0 Å². The number of benzene rings is 1. The van der Waals surface area contributed by atoms with E-state index in [4.69, 9.17) is 4.42 Å². The van der Waals surface area contributed by atoms with E-state index in [9.17, 15) is 0 Å². The Hall–Kier alpha value is -2.89. The molecule has 0 spiro atoms. The van der Waals surface area contributed by atoms with Gasteiger partial charge in [0, 0.05) is 29.4 Å². The van der Waals surface area contributed by atoms with Crippen molar-refractivity contribution in [1.29, 1.82) is 0 Å². The van der Waals surface area contributed by atoms with Crippen molar-refractivity contribution in [2.75, 3.05) is 17.0 Å². The summed E-state index contributed by atoms with van der Waals surface area (Å²) in [6, 6.07) is 12.8. The molecule has 0 saturated carbocycles. The van der Waals surface area contributed by atoms with Gasteiger partial charge in [-0.2, -0.15) is 0 Å². The second-order valence-corrected chi connectivity index (χ2v) is 8.35. The van der Waals surface area contributed by atoms with Crippen LogP contribution in [0.15, 0.2) is 46.5 Å². The van der Waals surface area contributed by atoms with Crippen molar-refractivity contribution in [1.82, 2.24) is 9.90 Å². The number of fused-ring (bicyclic) bond motifs is 4. The third-order valence-electron chi connectivity index (χ3n) is 6.25. The third kappa shape index (κ3) is 2.11. The Labute approximate surface area is 166 Å². The molecule has 0 saturated heterocycles. The van der Waals surface area contributed by atoms with Crippen molar-refractivity contribution < 1.29 is 4.42 Å². The fourth-order valence-corrected chi connectivity index (χ4v) is 4.63. The standard InChI is InChI=1S/C22H25BN4O/c1-14-11-12-16-17-13-15(2)27(23(5)20(17)28-21(16)24-14)26-19-10-8-7-9-18(19)25(6)22(26,3)4/h7-13H,1-6H3. The zero-order chi connectivity index (χ0) is 19.8. The van der Waals surface area contributed by atoms with Crippen LogP contribution in [0.5, 0.6) is 0 Å². The molecular formula is C22H25BN4O. The van der Waals surface area contributed by atoms with Crippen LogP contribution in [-0.2, 0) is 0 Å². The number of aromatic nitrogens is 1. The highest BCUT2D eigenvalue weighted by Gasteiger charge is 2.47. The van der Waals surface area contributed by atoms with E-state index < -0.39 is 0 Å². The molecule has 0 bridgehead atoms. The van der Waals surface area contributed by atoms with Crippen molar-refractivity contribution >= 4 is 41.1 Å². The molecule has 0 radical (unpaired) electrons. The topological polar surface area (TPSA) is 35.8 Å². The second kappa shape index (κ2) is 5.57. The van der Waals surface area contributed by atoms with Gasteiger partial charge >= 0.3 is 6.85 Å². The maximum atomic E-state index is 6.27. The first kappa shape index (κ1) is 17.2. The monoisotopic (exact) mass is 372 g/mol. The first-order chi connectivity index (χ1) is 13.3. The van der Waals surface area contributed by atoms with Crippen molar-refractivity contribution in [2.24, 2.45) is 0 Å². The van der Waals surface area contributed by atoms with E-state index in [0.717, 1.165) is 28.0 Å². The summed E-state index contributed by atoms with van der Waals surface area (Å²) in [5.74, 6) is 0. The summed E-state index contributed by atoms with van der Waals surface area (Å²) in [6.07, 6.45) is 2.23. The van der Waals surface area contributed by atoms with Crippen LogP contribution >= 0.6 is 0 Å². The van der Waals surface area contributed by atoms with Gasteiger partial charge < -0.3 is 14.2 Å². The van der Waals surface area contributed by atoms with E-state index in [2.05, 4.69) is 90.9 Å². The minimum Gasteiger partial charge on any atom is -0.450 e. The molecule has 3 aromatic rings.